The lowest BCUT2D eigenvalue weighted by Crippen LogP contribution is -2.33. The van der Waals surface area contributed by atoms with Crippen molar-refractivity contribution in [3.05, 3.63) is 46.5 Å². The lowest BCUT2D eigenvalue weighted by molar-refractivity contribution is 0.0935. The van der Waals surface area contributed by atoms with Crippen LogP contribution in [-0.2, 0) is 0 Å². The van der Waals surface area contributed by atoms with E-state index in [1.807, 2.05) is 13.8 Å². The molecule has 0 spiro atoms. The van der Waals surface area contributed by atoms with E-state index in [9.17, 15) is 14.7 Å². The number of nitrogens with zero attached hydrogens (tertiary/aromatic N) is 4. The number of amides is 1. The molecule has 3 heterocycles. The Morgan fingerprint density at radius 1 is 1.32 bits per heavy atom. The molecule has 31 heavy (non-hydrogen) atoms. The second kappa shape index (κ2) is 8.38. The van der Waals surface area contributed by atoms with Crippen LogP contribution in [0.3, 0.4) is 0 Å². The molecule has 4 N–H and O–H groups in total. The van der Waals surface area contributed by atoms with Crippen molar-refractivity contribution in [1.29, 1.82) is 0 Å². The van der Waals surface area contributed by atoms with Gasteiger partial charge < -0.3 is 25.6 Å². The number of carbonyl (C=O) groups excluding carboxylic acids is 1. The summed E-state index contributed by atoms with van der Waals surface area (Å²) in [6.07, 6.45) is 4.81. The maximum absolute atomic E-state index is 12.8. The largest absolute Gasteiger partial charge is 0.393 e. The highest BCUT2D eigenvalue weighted by molar-refractivity contribution is 6.00. The summed E-state index contributed by atoms with van der Waals surface area (Å²) >= 11 is 0. The lowest BCUT2D eigenvalue weighted by Gasteiger charge is -2.14. The van der Waals surface area contributed by atoms with Crippen LogP contribution in [0.25, 0.3) is 5.65 Å². The van der Waals surface area contributed by atoms with Crippen molar-refractivity contribution in [2.45, 2.75) is 51.3 Å². The van der Waals surface area contributed by atoms with E-state index >= 15 is 0 Å². The SMILES string of the molecule is CNc1cc(Nc2cccn(C(C)C)c2=O)nc2c(C(=O)N[C@@H]3CC[C@H](O)C3)cnn12. The van der Waals surface area contributed by atoms with Crippen LogP contribution in [-0.4, -0.2) is 49.4 Å². The number of rotatable bonds is 6. The van der Waals surface area contributed by atoms with Gasteiger partial charge >= 0.3 is 0 Å². The van der Waals surface area contributed by atoms with Crippen LogP contribution in [0.1, 0.15) is 49.5 Å². The second-order valence-electron chi connectivity index (χ2n) is 8.06. The molecule has 4 rings (SSSR count). The Kier molecular flexibility index (Phi) is 5.64. The molecule has 1 amide bonds. The average molecular weight is 425 g/mol. The predicted octanol–water partition coefficient (Wildman–Crippen LogP) is 1.90. The van der Waals surface area contributed by atoms with Gasteiger partial charge in [0.1, 0.15) is 22.9 Å². The van der Waals surface area contributed by atoms with E-state index < -0.39 is 0 Å². The zero-order valence-corrected chi connectivity index (χ0v) is 17.8. The van der Waals surface area contributed by atoms with Crippen molar-refractivity contribution in [2.24, 2.45) is 0 Å². The van der Waals surface area contributed by atoms with Crippen molar-refractivity contribution in [3.8, 4) is 0 Å². The van der Waals surface area contributed by atoms with Gasteiger partial charge in [0.2, 0.25) is 0 Å². The Hall–Kier alpha value is -3.40. The van der Waals surface area contributed by atoms with Gasteiger partial charge in [0.15, 0.2) is 5.65 Å². The summed E-state index contributed by atoms with van der Waals surface area (Å²) in [5.41, 5.74) is 0.928. The summed E-state index contributed by atoms with van der Waals surface area (Å²) < 4.78 is 3.18. The van der Waals surface area contributed by atoms with Gasteiger partial charge in [0.25, 0.3) is 11.5 Å². The molecule has 0 bridgehead atoms. The van der Waals surface area contributed by atoms with Crippen LogP contribution < -0.4 is 21.5 Å². The van der Waals surface area contributed by atoms with Gasteiger partial charge in [-0.25, -0.2) is 4.98 Å². The van der Waals surface area contributed by atoms with Crippen molar-refractivity contribution in [1.82, 2.24) is 24.5 Å². The molecular weight excluding hydrogens is 398 g/mol. The Morgan fingerprint density at radius 2 is 2.13 bits per heavy atom. The topological polar surface area (TPSA) is 126 Å². The molecular formula is C21H27N7O3. The molecule has 0 aliphatic heterocycles. The first-order chi connectivity index (χ1) is 14.9. The lowest BCUT2D eigenvalue weighted by atomic mass is 10.2. The molecule has 0 aromatic carbocycles. The number of carbonyl (C=O) groups is 1. The van der Waals surface area contributed by atoms with Gasteiger partial charge in [-0.2, -0.15) is 9.61 Å². The zero-order chi connectivity index (χ0) is 22.1. The summed E-state index contributed by atoms with van der Waals surface area (Å²) in [7, 11) is 1.74. The Balaban J connectivity index is 1.68. The van der Waals surface area contributed by atoms with E-state index in [1.54, 1.807) is 40.5 Å². The Bertz CT molecular complexity index is 1170. The first-order valence-corrected chi connectivity index (χ1v) is 10.4. The minimum Gasteiger partial charge on any atom is -0.393 e. The quantitative estimate of drug-likeness (QED) is 0.475. The normalized spacial score (nSPS) is 18.5. The third-order valence-electron chi connectivity index (χ3n) is 5.51. The van der Waals surface area contributed by atoms with Gasteiger partial charge in [-0.1, -0.05) is 0 Å². The van der Waals surface area contributed by atoms with Gasteiger partial charge in [0, 0.05) is 31.4 Å². The number of hydrogen-bond donors (Lipinski definition) is 4. The fraction of sp³-hybridized carbons (Fsp3) is 0.429. The summed E-state index contributed by atoms with van der Waals surface area (Å²) in [6.45, 7) is 3.88. The fourth-order valence-corrected chi connectivity index (χ4v) is 3.87. The first-order valence-electron chi connectivity index (χ1n) is 10.4. The first kappa shape index (κ1) is 20.9. The van der Waals surface area contributed by atoms with E-state index in [-0.39, 0.29) is 29.7 Å². The highest BCUT2D eigenvalue weighted by Crippen LogP contribution is 2.23. The number of hydrogen-bond acceptors (Lipinski definition) is 7. The summed E-state index contributed by atoms with van der Waals surface area (Å²) in [5, 5.41) is 23.1. The number of pyridine rings is 1. The molecule has 1 fully saturated rings. The minimum absolute atomic E-state index is 0.0248. The van der Waals surface area contributed by atoms with E-state index in [2.05, 4.69) is 26.0 Å². The van der Waals surface area contributed by atoms with E-state index in [0.29, 0.717) is 41.4 Å². The molecule has 3 aromatic heterocycles. The van der Waals surface area contributed by atoms with Crippen LogP contribution in [0, 0.1) is 0 Å². The number of aliphatic hydroxyl groups is 1. The molecule has 3 aromatic rings. The van der Waals surface area contributed by atoms with Crippen molar-refractivity contribution >= 4 is 28.9 Å². The van der Waals surface area contributed by atoms with E-state index in [4.69, 9.17) is 0 Å². The van der Waals surface area contributed by atoms with Crippen LogP contribution in [0.15, 0.2) is 35.4 Å². The molecule has 164 valence electrons. The highest BCUT2D eigenvalue weighted by Gasteiger charge is 2.26. The zero-order valence-electron chi connectivity index (χ0n) is 17.8. The Morgan fingerprint density at radius 3 is 2.81 bits per heavy atom. The Labute approximate surface area is 179 Å². The van der Waals surface area contributed by atoms with Crippen LogP contribution >= 0.6 is 0 Å². The minimum atomic E-state index is -0.375. The van der Waals surface area contributed by atoms with Crippen molar-refractivity contribution in [2.75, 3.05) is 17.7 Å². The van der Waals surface area contributed by atoms with Crippen LogP contribution in [0.5, 0.6) is 0 Å². The number of fused-ring (bicyclic) bond motifs is 1. The molecule has 10 heteroatoms. The van der Waals surface area contributed by atoms with Gasteiger partial charge in [-0.05, 0) is 45.2 Å². The number of aromatic nitrogens is 4. The van der Waals surface area contributed by atoms with Gasteiger partial charge in [-0.15, -0.1) is 0 Å². The fourth-order valence-electron chi connectivity index (χ4n) is 3.87. The van der Waals surface area contributed by atoms with Crippen LogP contribution in [0.2, 0.25) is 0 Å². The third kappa shape index (κ3) is 4.11. The van der Waals surface area contributed by atoms with Gasteiger partial charge in [-0.3, -0.25) is 9.59 Å². The van der Waals surface area contributed by atoms with Crippen LogP contribution in [0.4, 0.5) is 17.3 Å². The smallest absolute Gasteiger partial charge is 0.274 e. The second-order valence-corrected chi connectivity index (χ2v) is 8.06. The van der Waals surface area contributed by atoms with E-state index in [0.717, 1.165) is 6.42 Å². The van der Waals surface area contributed by atoms with Crippen molar-refractivity contribution in [3.63, 3.8) is 0 Å². The summed E-state index contributed by atoms with van der Waals surface area (Å²) in [5.74, 6) is 0.743. The maximum Gasteiger partial charge on any atom is 0.274 e. The summed E-state index contributed by atoms with van der Waals surface area (Å²) in [4.78, 5) is 30.1. The number of aliphatic hydroxyl groups excluding tert-OH is 1. The molecule has 1 aliphatic rings. The summed E-state index contributed by atoms with van der Waals surface area (Å²) in [6, 6.07) is 5.18. The van der Waals surface area contributed by atoms with Crippen molar-refractivity contribution < 1.29 is 9.90 Å². The number of nitrogens with one attached hydrogen (secondary N) is 3. The third-order valence-corrected chi connectivity index (χ3v) is 5.51. The van der Waals surface area contributed by atoms with Gasteiger partial charge in [0.05, 0.1) is 12.3 Å². The predicted molar refractivity (Wildman–Crippen MR) is 118 cm³/mol. The van der Waals surface area contributed by atoms with E-state index in [1.165, 1.54) is 6.20 Å². The number of anilines is 3. The standard InChI is InChI=1S/C21H27N7O3/c1-12(2)27-8-4-5-16(21(27)31)25-17-10-18(22-3)28-19(26-17)15(11-23-28)20(30)24-13-6-7-14(29)9-13/h4-5,8,10-14,22,29H,6-7,9H2,1-3H3,(H,24,30)(H,25,26)/t13-,14+/m1/s1. The molecule has 1 saturated carbocycles. The average Bonchev–Trinajstić information content (AvgIpc) is 3.34. The monoisotopic (exact) mass is 425 g/mol. The molecule has 0 radical (unpaired) electrons. The molecule has 0 saturated heterocycles. The molecule has 10 nitrogen and oxygen atoms in total. The molecule has 2 atom stereocenters. The molecule has 1 aliphatic carbocycles. The maximum atomic E-state index is 12.8. The molecule has 0 unspecified atom stereocenters. The highest BCUT2D eigenvalue weighted by atomic mass is 16.3.